The summed E-state index contributed by atoms with van der Waals surface area (Å²) in [5.41, 5.74) is 0.855. The predicted octanol–water partition coefficient (Wildman–Crippen LogP) is 2.10. The third-order valence-electron chi connectivity index (χ3n) is 3.45. The Morgan fingerprint density at radius 2 is 2.22 bits per heavy atom. The molecule has 0 radical (unpaired) electrons. The fourth-order valence-electron chi connectivity index (χ4n) is 2.12. The molecule has 1 aromatic heterocycles. The first-order valence-corrected chi connectivity index (χ1v) is 8.55. The molecule has 0 bridgehead atoms. The van der Waals surface area contributed by atoms with Gasteiger partial charge >= 0.3 is 0 Å². The molecule has 1 aromatic rings. The second-order valence-electron chi connectivity index (χ2n) is 5.01. The van der Waals surface area contributed by atoms with Gasteiger partial charge < -0.3 is 5.11 Å². The standard InChI is InChI=1S/C12H19NO3S2/c1-2-3-12(4-5-12)9-13-18(15,16)11-6-10(7-14)8-17-11/h6,8,13-14H,2-5,7,9H2,1H3. The van der Waals surface area contributed by atoms with Gasteiger partial charge in [-0.1, -0.05) is 13.3 Å². The smallest absolute Gasteiger partial charge is 0.250 e. The summed E-state index contributed by atoms with van der Waals surface area (Å²) >= 11 is 1.15. The van der Waals surface area contributed by atoms with Crippen LogP contribution in [0.3, 0.4) is 0 Å². The van der Waals surface area contributed by atoms with Crippen molar-refractivity contribution in [3.8, 4) is 0 Å². The Kier molecular flexibility index (Phi) is 4.11. The maximum absolute atomic E-state index is 12.1. The molecule has 0 aliphatic heterocycles. The van der Waals surface area contributed by atoms with Crippen LogP contribution in [0.25, 0.3) is 0 Å². The molecule has 0 spiro atoms. The van der Waals surface area contributed by atoms with E-state index >= 15 is 0 Å². The number of hydrogen-bond acceptors (Lipinski definition) is 4. The summed E-state index contributed by atoms with van der Waals surface area (Å²) in [5.74, 6) is 0. The van der Waals surface area contributed by atoms with Gasteiger partial charge in [-0.25, -0.2) is 13.1 Å². The highest BCUT2D eigenvalue weighted by molar-refractivity contribution is 7.91. The van der Waals surface area contributed by atoms with Crippen molar-refractivity contribution in [3.05, 3.63) is 17.0 Å². The lowest BCUT2D eigenvalue weighted by Gasteiger charge is -2.14. The van der Waals surface area contributed by atoms with Crippen LogP contribution in [0, 0.1) is 5.41 Å². The number of thiophene rings is 1. The number of aliphatic hydroxyl groups excluding tert-OH is 1. The summed E-state index contributed by atoms with van der Waals surface area (Å²) in [6, 6.07) is 1.53. The van der Waals surface area contributed by atoms with Crippen molar-refractivity contribution in [2.45, 2.75) is 43.4 Å². The summed E-state index contributed by atoms with van der Waals surface area (Å²) in [4.78, 5) is 0. The molecule has 18 heavy (non-hydrogen) atoms. The first kappa shape index (κ1) is 14.0. The van der Waals surface area contributed by atoms with Crippen molar-refractivity contribution in [1.82, 2.24) is 4.72 Å². The molecule has 2 N–H and O–H groups in total. The van der Waals surface area contributed by atoms with Crippen LogP contribution >= 0.6 is 11.3 Å². The van der Waals surface area contributed by atoms with Crippen molar-refractivity contribution >= 4 is 21.4 Å². The minimum atomic E-state index is -3.40. The molecular weight excluding hydrogens is 270 g/mol. The molecule has 1 aliphatic carbocycles. The van der Waals surface area contributed by atoms with Gasteiger partial charge in [0.15, 0.2) is 0 Å². The molecule has 0 unspecified atom stereocenters. The fraction of sp³-hybridized carbons (Fsp3) is 0.667. The van der Waals surface area contributed by atoms with E-state index in [1.807, 2.05) is 0 Å². The van der Waals surface area contributed by atoms with Gasteiger partial charge in [0, 0.05) is 6.54 Å². The molecule has 1 heterocycles. The zero-order valence-corrected chi connectivity index (χ0v) is 12.1. The van der Waals surface area contributed by atoms with E-state index in [1.54, 1.807) is 5.38 Å². The van der Waals surface area contributed by atoms with Crippen molar-refractivity contribution in [1.29, 1.82) is 0 Å². The molecule has 0 atom stereocenters. The molecule has 0 aromatic carbocycles. The van der Waals surface area contributed by atoms with Gasteiger partial charge in [0.2, 0.25) is 10.0 Å². The molecule has 102 valence electrons. The van der Waals surface area contributed by atoms with Crippen LogP contribution in [0.2, 0.25) is 0 Å². The maximum Gasteiger partial charge on any atom is 0.250 e. The Morgan fingerprint density at radius 1 is 1.50 bits per heavy atom. The molecule has 0 saturated heterocycles. The third kappa shape index (κ3) is 3.12. The van der Waals surface area contributed by atoms with Gasteiger partial charge in [0.25, 0.3) is 0 Å². The number of sulfonamides is 1. The summed E-state index contributed by atoms with van der Waals surface area (Å²) in [5, 5.41) is 10.6. The molecule has 6 heteroatoms. The van der Waals surface area contributed by atoms with E-state index in [-0.39, 0.29) is 12.0 Å². The second kappa shape index (κ2) is 5.28. The minimum absolute atomic E-state index is 0.119. The lowest BCUT2D eigenvalue weighted by atomic mass is 10.0. The average Bonchev–Trinajstić information content (AvgIpc) is 2.93. The third-order valence-corrected chi connectivity index (χ3v) is 6.34. The number of aliphatic hydroxyl groups is 1. The molecular formula is C12H19NO3S2. The molecule has 1 aliphatic rings. The highest BCUT2D eigenvalue weighted by Crippen LogP contribution is 2.49. The van der Waals surface area contributed by atoms with Crippen molar-refractivity contribution in [2.24, 2.45) is 5.41 Å². The van der Waals surface area contributed by atoms with Gasteiger partial charge in [-0.05, 0) is 41.7 Å². The lowest BCUT2D eigenvalue weighted by molar-refractivity contribution is 0.282. The predicted molar refractivity (Wildman–Crippen MR) is 72.0 cm³/mol. The molecule has 0 amide bonds. The van der Waals surface area contributed by atoms with E-state index in [2.05, 4.69) is 11.6 Å². The Hall–Kier alpha value is -0.430. The van der Waals surface area contributed by atoms with Crippen molar-refractivity contribution in [3.63, 3.8) is 0 Å². The van der Waals surface area contributed by atoms with Gasteiger partial charge in [0.1, 0.15) is 4.21 Å². The highest BCUT2D eigenvalue weighted by Gasteiger charge is 2.42. The van der Waals surface area contributed by atoms with E-state index in [1.165, 1.54) is 6.07 Å². The summed E-state index contributed by atoms with van der Waals surface area (Å²) in [6.07, 6.45) is 4.42. The average molecular weight is 289 g/mol. The molecule has 1 fully saturated rings. The minimum Gasteiger partial charge on any atom is -0.392 e. The second-order valence-corrected chi connectivity index (χ2v) is 7.91. The zero-order valence-electron chi connectivity index (χ0n) is 10.5. The van der Waals surface area contributed by atoms with Gasteiger partial charge in [0.05, 0.1) is 6.61 Å². The van der Waals surface area contributed by atoms with Crippen LogP contribution in [0.15, 0.2) is 15.7 Å². The van der Waals surface area contributed by atoms with Gasteiger partial charge in [-0.2, -0.15) is 0 Å². The quantitative estimate of drug-likeness (QED) is 0.808. The van der Waals surface area contributed by atoms with E-state index < -0.39 is 10.0 Å². The Bertz CT molecular complexity index is 503. The largest absolute Gasteiger partial charge is 0.392 e. The summed E-state index contributed by atoms with van der Waals surface area (Å²) in [7, 11) is -3.40. The van der Waals surface area contributed by atoms with Gasteiger partial charge in [-0.3, -0.25) is 0 Å². The number of rotatable bonds is 7. The summed E-state index contributed by atoms with van der Waals surface area (Å²) in [6.45, 7) is 2.54. The summed E-state index contributed by atoms with van der Waals surface area (Å²) < 4.78 is 27.1. The first-order chi connectivity index (χ1) is 8.51. The highest BCUT2D eigenvalue weighted by atomic mass is 32.2. The Labute approximate surface area is 112 Å². The molecule has 2 rings (SSSR count). The fourth-order valence-corrected chi connectivity index (χ4v) is 4.52. The lowest BCUT2D eigenvalue weighted by Crippen LogP contribution is -2.29. The van der Waals surface area contributed by atoms with Crippen LogP contribution < -0.4 is 4.72 Å². The topological polar surface area (TPSA) is 66.4 Å². The first-order valence-electron chi connectivity index (χ1n) is 6.19. The monoisotopic (exact) mass is 289 g/mol. The molecule has 1 saturated carbocycles. The van der Waals surface area contributed by atoms with Crippen molar-refractivity contribution < 1.29 is 13.5 Å². The van der Waals surface area contributed by atoms with Crippen molar-refractivity contribution in [2.75, 3.05) is 6.54 Å². The van der Waals surface area contributed by atoms with E-state index in [0.717, 1.165) is 37.0 Å². The normalized spacial score (nSPS) is 17.9. The maximum atomic E-state index is 12.1. The van der Waals surface area contributed by atoms with Gasteiger partial charge in [-0.15, -0.1) is 11.3 Å². The van der Waals surface area contributed by atoms with Crippen LogP contribution in [-0.4, -0.2) is 20.1 Å². The van der Waals surface area contributed by atoms with Crippen LogP contribution in [-0.2, 0) is 16.6 Å². The SMILES string of the molecule is CCCC1(CNS(=O)(=O)c2cc(CO)cs2)CC1. The van der Waals surface area contributed by atoms with Crippen LogP contribution in [0.4, 0.5) is 0 Å². The van der Waals surface area contributed by atoms with Crippen LogP contribution in [0.1, 0.15) is 38.2 Å². The number of hydrogen-bond donors (Lipinski definition) is 2. The van der Waals surface area contributed by atoms with E-state index in [9.17, 15) is 8.42 Å². The Morgan fingerprint density at radius 3 is 2.72 bits per heavy atom. The number of nitrogens with one attached hydrogen (secondary N) is 1. The van der Waals surface area contributed by atoms with E-state index in [4.69, 9.17) is 5.11 Å². The molecule has 4 nitrogen and oxygen atoms in total. The van der Waals surface area contributed by atoms with E-state index in [0.29, 0.717) is 16.3 Å². The zero-order chi connectivity index (χ0) is 13.2. The van der Waals surface area contributed by atoms with Crippen LogP contribution in [0.5, 0.6) is 0 Å². The Balaban J connectivity index is 1.99.